The SMILES string of the molecule is CCNC1(c2n[nH]c(C3CC3)n2)CC1. The van der Waals surface area contributed by atoms with Crippen LogP contribution in [0.25, 0.3) is 0 Å². The van der Waals surface area contributed by atoms with Gasteiger partial charge in [0, 0.05) is 5.92 Å². The molecule has 1 heterocycles. The van der Waals surface area contributed by atoms with E-state index in [1.807, 2.05) is 0 Å². The molecule has 0 spiro atoms. The Morgan fingerprint density at radius 3 is 2.86 bits per heavy atom. The average molecular weight is 192 g/mol. The van der Waals surface area contributed by atoms with Gasteiger partial charge in [-0.15, -0.1) is 0 Å². The fourth-order valence-electron chi connectivity index (χ4n) is 1.97. The van der Waals surface area contributed by atoms with Gasteiger partial charge in [0.1, 0.15) is 5.82 Å². The van der Waals surface area contributed by atoms with Gasteiger partial charge in [0.15, 0.2) is 5.82 Å². The zero-order chi connectivity index (χ0) is 9.60. The Morgan fingerprint density at radius 2 is 2.29 bits per heavy atom. The van der Waals surface area contributed by atoms with E-state index in [-0.39, 0.29) is 5.54 Å². The maximum Gasteiger partial charge on any atom is 0.170 e. The van der Waals surface area contributed by atoms with Crippen molar-refractivity contribution in [3.63, 3.8) is 0 Å². The number of hydrogen-bond donors (Lipinski definition) is 2. The molecule has 76 valence electrons. The van der Waals surface area contributed by atoms with Gasteiger partial charge < -0.3 is 5.32 Å². The molecule has 4 nitrogen and oxygen atoms in total. The fourth-order valence-corrected chi connectivity index (χ4v) is 1.97. The highest BCUT2D eigenvalue weighted by atomic mass is 15.3. The molecule has 1 aromatic heterocycles. The summed E-state index contributed by atoms with van der Waals surface area (Å²) in [6.45, 7) is 3.13. The van der Waals surface area contributed by atoms with Gasteiger partial charge >= 0.3 is 0 Å². The van der Waals surface area contributed by atoms with Gasteiger partial charge in [0.25, 0.3) is 0 Å². The van der Waals surface area contributed by atoms with Crippen LogP contribution in [0.5, 0.6) is 0 Å². The lowest BCUT2D eigenvalue weighted by molar-refractivity contribution is 0.510. The Bertz CT molecular complexity index is 336. The summed E-state index contributed by atoms with van der Waals surface area (Å²) in [5, 5.41) is 10.9. The number of hydrogen-bond acceptors (Lipinski definition) is 3. The van der Waals surface area contributed by atoms with Crippen LogP contribution in [-0.4, -0.2) is 21.7 Å². The Kier molecular flexibility index (Phi) is 1.68. The molecule has 0 bridgehead atoms. The summed E-state index contributed by atoms with van der Waals surface area (Å²) in [6, 6.07) is 0. The van der Waals surface area contributed by atoms with Crippen molar-refractivity contribution < 1.29 is 0 Å². The predicted octanol–water partition coefficient (Wildman–Crippen LogP) is 1.28. The third-order valence-electron chi connectivity index (χ3n) is 3.16. The van der Waals surface area contributed by atoms with Gasteiger partial charge in [-0.25, -0.2) is 4.98 Å². The molecule has 0 unspecified atom stereocenters. The molecule has 0 atom stereocenters. The fraction of sp³-hybridized carbons (Fsp3) is 0.800. The molecule has 0 radical (unpaired) electrons. The number of rotatable bonds is 4. The van der Waals surface area contributed by atoms with Gasteiger partial charge in [0.2, 0.25) is 0 Å². The van der Waals surface area contributed by atoms with Crippen LogP contribution in [0.4, 0.5) is 0 Å². The van der Waals surface area contributed by atoms with E-state index >= 15 is 0 Å². The quantitative estimate of drug-likeness (QED) is 0.755. The van der Waals surface area contributed by atoms with Crippen LogP contribution < -0.4 is 5.32 Å². The second kappa shape index (κ2) is 2.79. The van der Waals surface area contributed by atoms with E-state index < -0.39 is 0 Å². The molecular weight excluding hydrogens is 176 g/mol. The second-order valence-electron chi connectivity index (χ2n) is 4.43. The molecule has 3 rings (SSSR count). The number of H-pyrrole nitrogens is 1. The molecule has 2 aliphatic rings. The Hall–Kier alpha value is -0.900. The number of nitrogens with one attached hydrogen (secondary N) is 2. The molecule has 0 aliphatic heterocycles. The molecule has 2 fully saturated rings. The van der Waals surface area contributed by atoms with Crippen LogP contribution in [0.2, 0.25) is 0 Å². The van der Waals surface area contributed by atoms with Crippen molar-refractivity contribution in [1.29, 1.82) is 0 Å². The first-order valence-electron chi connectivity index (χ1n) is 5.52. The van der Waals surface area contributed by atoms with Crippen molar-refractivity contribution in [2.24, 2.45) is 0 Å². The molecule has 4 heteroatoms. The average Bonchev–Trinajstić information content (AvgIpc) is 3.10. The van der Waals surface area contributed by atoms with Crippen molar-refractivity contribution in [3.05, 3.63) is 11.6 Å². The molecule has 1 aromatic rings. The van der Waals surface area contributed by atoms with E-state index in [0.29, 0.717) is 5.92 Å². The van der Waals surface area contributed by atoms with Gasteiger partial charge in [0.05, 0.1) is 5.54 Å². The van der Waals surface area contributed by atoms with Crippen LogP contribution in [-0.2, 0) is 5.54 Å². The van der Waals surface area contributed by atoms with Crippen molar-refractivity contribution in [2.45, 2.75) is 44.1 Å². The molecule has 2 N–H and O–H groups in total. The van der Waals surface area contributed by atoms with Crippen LogP contribution in [0.1, 0.15) is 50.2 Å². The summed E-state index contributed by atoms with van der Waals surface area (Å²) in [7, 11) is 0. The monoisotopic (exact) mass is 192 g/mol. The summed E-state index contributed by atoms with van der Waals surface area (Å²) in [4.78, 5) is 4.60. The summed E-state index contributed by atoms with van der Waals surface area (Å²) >= 11 is 0. The topological polar surface area (TPSA) is 53.6 Å². The van der Waals surface area contributed by atoms with Gasteiger partial charge in [-0.3, -0.25) is 5.10 Å². The molecular formula is C10H16N4. The standard InChI is InChI=1S/C10H16N4/c1-2-11-10(5-6-10)9-12-8(13-14-9)7-3-4-7/h7,11H,2-6H2,1H3,(H,12,13,14). The minimum atomic E-state index is 0.123. The molecule has 0 aromatic carbocycles. The highest BCUT2D eigenvalue weighted by molar-refractivity contribution is 5.17. The minimum Gasteiger partial charge on any atom is -0.305 e. The molecule has 2 aliphatic carbocycles. The van der Waals surface area contributed by atoms with E-state index in [4.69, 9.17) is 0 Å². The van der Waals surface area contributed by atoms with Crippen molar-refractivity contribution in [3.8, 4) is 0 Å². The second-order valence-corrected chi connectivity index (χ2v) is 4.43. The van der Waals surface area contributed by atoms with Crippen molar-refractivity contribution in [1.82, 2.24) is 20.5 Å². The normalized spacial score (nSPS) is 23.8. The van der Waals surface area contributed by atoms with E-state index in [2.05, 4.69) is 27.4 Å². The predicted molar refractivity (Wildman–Crippen MR) is 52.9 cm³/mol. The third kappa shape index (κ3) is 1.25. The highest BCUT2D eigenvalue weighted by Crippen LogP contribution is 2.45. The lowest BCUT2D eigenvalue weighted by atomic mass is 10.2. The van der Waals surface area contributed by atoms with E-state index in [1.54, 1.807) is 0 Å². The van der Waals surface area contributed by atoms with Crippen LogP contribution in [0.15, 0.2) is 0 Å². The van der Waals surface area contributed by atoms with E-state index in [0.717, 1.165) is 18.2 Å². The maximum atomic E-state index is 4.60. The van der Waals surface area contributed by atoms with E-state index in [9.17, 15) is 0 Å². The minimum absolute atomic E-state index is 0.123. The van der Waals surface area contributed by atoms with Gasteiger partial charge in [-0.05, 0) is 32.2 Å². The lowest BCUT2D eigenvalue weighted by Crippen LogP contribution is -2.29. The number of aromatic nitrogens is 3. The van der Waals surface area contributed by atoms with Crippen LogP contribution >= 0.6 is 0 Å². The number of nitrogens with zero attached hydrogens (tertiary/aromatic N) is 2. The first kappa shape index (κ1) is 8.41. The molecule has 14 heavy (non-hydrogen) atoms. The summed E-state index contributed by atoms with van der Waals surface area (Å²) in [5.41, 5.74) is 0.123. The lowest BCUT2D eigenvalue weighted by Gasteiger charge is -2.10. The number of aromatic amines is 1. The van der Waals surface area contributed by atoms with Gasteiger partial charge in [-0.1, -0.05) is 6.92 Å². The Morgan fingerprint density at radius 1 is 1.50 bits per heavy atom. The Labute approximate surface area is 83.5 Å². The van der Waals surface area contributed by atoms with Gasteiger partial charge in [-0.2, -0.15) is 5.10 Å². The first-order valence-corrected chi connectivity index (χ1v) is 5.52. The maximum absolute atomic E-state index is 4.60. The Balaban J connectivity index is 1.81. The van der Waals surface area contributed by atoms with E-state index in [1.165, 1.54) is 25.7 Å². The van der Waals surface area contributed by atoms with Crippen molar-refractivity contribution in [2.75, 3.05) is 6.54 Å². The third-order valence-corrected chi connectivity index (χ3v) is 3.16. The van der Waals surface area contributed by atoms with Crippen LogP contribution in [0.3, 0.4) is 0 Å². The largest absolute Gasteiger partial charge is 0.305 e. The zero-order valence-electron chi connectivity index (χ0n) is 8.51. The smallest absolute Gasteiger partial charge is 0.170 e. The summed E-state index contributed by atoms with van der Waals surface area (Å²) in [6.07, 6.45) is 4.93. The molecule has 0 amide bonds. The molecule has 2 saturated carbocycles. The summed E-state index contributed by atoms with van der Waals surface area (Å²) < 4.78 is 0. The van der Waals surface area contributed by atoms with Crippen LogP contribution in [0, 0.1) is 0 Å². The van der Waals surface area contributed by atoms with Crippen molar-refractivity contribution >= 4 is 0 Å². The molecule has 0 saturated heterocycles. The zero-order valence-corrected chi connectivity index (χ0v) is 8.51. The highest BCUT2D eigenvalue weighted by Gasteiger charge is 2.47. The summed E-state index contributed by atoms with van der Waals surface area (Å²) in [5.74, 6) is 2.76. The first-order chi connectivity index (χ1) is 6.84.